The first-order valence-electron chi connectivity index (χ1n) is 10.5. The molecule has 0 aliphatic rings. The van der Waals surface area contributed by atoms with E-state index in [1.807, 2.05) is 74.5 Å². The molecule has 3 aromatic carbocycles. The van der Waals surface area contributed by atoms with E-state index >= 15 is 0 Å². The van der Waals surface area contributed by atoms with Crippen LogP contribution < -0.4 is 10.1 Å². The maximum atomic E-state index is 13.4. The third-order valence-corrected chi connectivity index (χ3v) is 6.78. The summed E-state index contributed by atoms with van der Waals surface area (Å²) in [7, 11) is -3.91. The number of nitrogens with one attached hydrogen (secondary N) is 1. The minimum atomic E-state index is -3.91. The third-order valence-electron chi connectivity index (χ3n) is 4.97. The van der Waals surface area contributed by atoms with E-state index in [2.05, 4.69) is 5.32 Å². The Kier molecular flexibility index (Phi) is 8.03. The second-order valence-corrected chi connectivity index (χ2v) is 9.30. The van der Waals surface area contributed by atoms with Crippen LogP contribution in [0.2, 0.25) is 0 Å². The highest BCUT2D eigenvalue weighted by atomic mass is 32.2. The number of rotatable bonds is 10. The number of benzene rings is 3. The molecule has 168 valence electrons. The highest BCUT2D eigenvalue weighted by molar-refractivity contribution is 7.89. The van der Waals surface area contributed by atoms with E-state index in [1.165, 1.54) is 16.4 Å². The molecule has 0 bridgehead atoms. The normalized spacial score (nSPS) is 12.3. The number of amides is 1. The van der Waals surface area contributed by atoms with Crippen LogP contribution in [0.5, 0.6) is 5.75 Å². The predicted molar refractivity (Wildman–Crippen MR) is 125 cm³/mol. The van der Waals surface area contributed by atoms with Crippen LogP contribution in [0.25, 0.3) is 0 Å². The lowest BCUT2D eigenvalue weighted by atomic mass is 10.1. The van der Waals surface area contributed by atoms with Crippen LogP contribution in [-0.4, -0.2) is 31.8 Å². The molecule has 0 heterocycles. The molecule has 0 aliphatic heterocycles. The van der Waals surface area contributed by atoms with Gasteiger partial charge in [-0.2, -0.15) is 4.31 Å². The van der Waals surface area contributed by atoms with Crippen LogP contribution in [0.15, 0.2) is 89.8 Å². The van der Waals surface area contributed by atoms with E-state index in [0.717, 1.165) is 11.1 Å². The Labute approximate surface area is 189 Å². The van der Waals surface area contributed by atoms with Crippen molar-refractivity contribution >= 4 is 15.9 Å². The van der Waals surface area contributed by atoms with Gasteiger partial charge in [-0.3, -0.25) is 4.79 Å². The van der Waals surface area contributed by atoms with Crippen molar-refractivity contribution in [1.82, 2.24) is 9.62 Å². The van der Waals surface area contributed by atoms with E-state index in [-0.39, 0.29) is 29.9 Å². The van der Waals surface area contributed by atoms with Gasteiger partial charge in [0.05, 0.1) is 24.1 Å². The van der Waals surface area contributed by atoms with Crippen LogP contribution in [0, 0.1) is 0 Å². The topological polar surface area (TPSA) is 75.7 Å². The summed E-state index contributed by atoms with van der Waals surface area (Å²) in [6, 6.07) is 24.8. The second-order valence-electron chi connectivity index (χ2n) is 7.36. The number of carbonyl (C=O) groups excluding carboxylic acids is 1. The fraction of sp³-hybridized carbons (Fsp3) is 0.240. The summed E-state index contributed by atoms with van der Waals surface area (Å²) < 4.78 is 33.4. The molecular formula is C25H28N2O4S. The highest BCUT2D eigenvalue weighted by Gasteiger charge is 2.27. The zero-order valence-electron chi connectivity index (χ0n) is 18.3. The lowest BCUT2D eigenvalue weighted by molar-refractivity contribution is -0.122. The average molecular weight is 453 g/mol. The van der Waals surface area contributed by atoms with E-state index in [9.17, 15) is 13.2 Å². The van der Waals surface area contributed by atoms with Gasteiger partial charge in [0.25, 0.3) is 0 Å². The maximum absolute atomic E-state index is 13.4. The number of carbonyl (C=O) groups is 1. The van der Waals surface area contributed by atoms with Crippen molar-refractivity contribution in [2.24, 2.45) is 0 Å². The molecule has 0 saturated carbocycles. The molecule has 1 amide bonds. The van der Waals surface area contributed by atoms with Gasteiger partial charge in [0, 0.05) is 6.54 Å². The second kappa shape index (κ2) is 10.9. The molecule has 6 nitrogen and oxygen atoms in total. The molecule has 1 N–H and O–H groups in total. The Bertz CT molecular complexity index is 1100. The van der Waals surface area contributed by atoms with E-state index in [0.29, 0.717) is 12.4 Å². The zero-order valence-corrected chi connectivity index (χ0v) is 19.1. The standard InChI is InChI=1S/C25H28N2O4S/c1-3-31-23-14-16-24(17-15-23)32(29,30)27(18-21-10-6-4-7-11-21)19-25(28)26-20(2)22-12-8-5-9-13-22/h4-17,20H,3,18-19H2,1-2H3,(H,26,28)/t20-/m0/s1. The Morgan fingerprint density at radius 1 is 0.938 bits per heavy atom. The Balaban J connectivity index is 1.81. The Morgan fingerprint density at radius 2 is 1.53 bits per heavy atom. The summed E-state index contributed by atoms with van der Waals surface area (Å²) in [5.41, 5.74) is 1.75. The van der Waals surface area contributed by atoms with Crippen LogP contribution in [0.4, 0.5) is 0 Å². The maximum Gasteiger partial charge on any atom is 0.243 e. The SMILES string of the molecule is CCOc1ccc(S(=O)(=O)N(CC(=O)N[C@@H](C)c2ccccc2)Cc2ccccc2)cc1. The summed E-state index contributed by atoms with van der Waals surface area (Å²) in [5, 5.41) is 2.90. The summed E-state index contributed by atoms with van der Waals surface area (Å²) in [5.74, 6) is 0.224. The Hall–Kier alpha value is -3.16. The fourth-order valence-corrected chi connectivity index (χ4v) is 4.69. The van der Waals surface area contributed by atoms with Gasteiger partial charge in [-0.1, -0.05) is 60.7 Å². The smallest absolute Gasteiger partial charge is 0.243 e. The molecule has 3 rings (SSSR count). The van der Waals surface area contributed by atoms with Gasteiger partial charge < -0.3 is 10.1 Å². The van der Waals surface area contributed by atoms with Gasteiger partial charge in [-0.05, 0) is 49.2 Å². The molecule has 0 aliphatic carbocycles. The van der Waals surface area contributed by atoms with Crippen molar-refractivity contribution in [3.63, 3.8) is 0 Å². The van der Waals surface area contributed by atoms with Gasteiger partial charge in [-0.25, -0.2) is 8.42 Å². The number of hydrogen-bond donors (Lipinski definition) is 1. The first-order chi connectivity index (χ1) is 15.4. The van der Waals surface area contributed by atoms with Crippen LogP contribution in [0.3, 0.4) is 0 Å². The largest absolute Gasteiger partial charge is 0.494 e. The van der Waals surface area contributed by atoms with Crippen LogP contribution >= 0.6 is 0 Å². The summed E-state index contributed by atoms with van der Waals surface area (Å²) in [6.45, 7) is 4.02. The van der Waals surface area contributed by atoms with Crippen molar-refractivity contribution in [2.45, 2.75) is 31.3 Å². The molecule has 0 aromatic heterocycles. The number of ether oxygens (including phenoxy) is 1. The monoisotopic (exact) mass is 452 g/mol. The number of sulfonamides is 1. The van der Waals surface area contributed by atoms with Gasteiger partial charge in [0.2, 0.25) is 15.9 Å². The van der Waals surface area contributed by atoms with Gasteiger partial charge in [-0.15, -0.1) is 0 Å². The van der Waals surface area contributed by atoms with E-state index in [1.54, 1.807) is 12.1 Å². The quantitative estimate of drug-likeness (QED) is 0.501. The minimum absolute atomic E-state index is 0.0868. The third kappa shape index (κ3) is 6.18. The molecular weight excluding hydrogens is 424 g/mol. The predicted octanol–water partition coefficient (Wildman–Crippen LogP) is 4.15. The lowest BCUT2D eigenvalue weighted by Crippen LogP contribution is -2.41. The molecule has 32 heavy (non-hydrogen) atoms. The molecule has 1 atom stereocenters. The molecule has 0 spiro atoms. The minimum Gasteiger partial charge on any atom is -0.494 e. The van der Waals surface area contributed by atoms with Crippen molar-refractivity contribution in [1.29, 1.82) is 0 Å². The molecule has 0 unspecified atom stereocenters. The first-order valence-corrected chi connectivity index (χ1v) is 12.0. The van der Waals surface area contributed by atoms with E-state index < -0.39 is 10.0 Å². The molecule has 3 aromatic rings. The lowest BCUT2D eigenvalue weighted by Gasteiger charge is -2.23. The summed E-state index contributed by atoms with van der Waals surface area (Å²) in [6.07, 6.45) is 0. The summed E-state index contributed by atoms with van der Waals surface area (Å²) in [4.78, 5) is 12.9. The first kappa shape index (κ1) is 23.5. The number of nitrogens with zero attached hydrogens (tertiary/aromatic N) is 1. The van der Waals surface area contributed by atoms with Gasteiger partial charge >= 0.3 is 0 Å². The van der Waals surface area contributed by atoms with Gasteiger partial charge in [0.1, 0.15) is 5.75 Å². The summed E-state index contributed by atoms with van der Waals surface area (Å²) >= 11 is 0. The van der Waals surface area contributed by atoms with Crippen molar-refractivity contribution in [2.75, 3.05) is 13.2 Å². The highest BCUT2D eigenvalue weighted by Crippen LogP contribution is 2.22. The van der Waals surface area contributed by atoms with Crippen LogP contribution in [0.1, 0.15) is 31.0 Å². The van der Waals surface area contributed by atoms with Crippen molar-refractivity contribution < 1.29 is 17.9 Å². The average Bonchev–Trinajstić information content (AvgIpc) is 2.80. The molecule has 0 fully saturated rings. The van der Waals surface area contributed by atoms with Crippen molar-refractivity contribution in [3.8, 4) is 5.75 Å². The number of hydrogen-bond acceptors (Lipinski definition) is 4. The van der Waals surface area contributed by atoms with Crippen LogP contribution in [-0.2, 0) is 21.4 Å². The zero-order chi connectivity index (χ0) is 23.0. The Morgan fingerprint density at radius 3 is 2.12 bits per heavy atom. The molecule has 0 radical (unpaired) electrons. The van der Waals surface area contributed by atoms with Crippen molar-refractivity contribution in [3.05, 3.63) is 96.1 Å². The molecule has 0 saturated heterocycles. The van der Waals surface area contributed by atoms with Gasteiger partial charge in [0.15, 0.2) is 0 Å². The molecule has 7 heteroatoms. The fourth-order valence-electron chi connectivity index (χ4n) is 3.31. The van der Waals surface area contributed by atoms with E-state index in [4.69, 9.17) is 4.74 Å².